The van der Waals surface area contributed by atoms with E-state index in [1.807, 2.05) is 0 Å². The van der Waals surface area contributed by atoms with Gasteiger partial charge in [0.15, 0.2) is 5.78 Å². The summed E-state index contributed by atoms with van der Waals surface area (Å²) in [4.78, 5) is 21.0. The highest BCUT2D eigenvalue weighted by Crippen LogP contribution is 2.37. The molecule has 0 aromatic rings. The van der Waals surface area contributed by atoms with Gasteiger partial charge in [-0.3, -0.25) is 4.79 Å². The average Bonchev–Trinajstić information content (AvgIpc) is 2.66. The van der Waals surface area contributed by atoms with Crippen LogP contribution in [0, 0.1) is 11.8 Å². The Morgan fingerprint density at radius 1 is 1.80 bits per heavy atom. The van der Waals surface area contributed by atoms with Gasteiger partial charge in [-0.1, -0.05) is 0 Å². The second-order valence-electron chi connectivity index (χ2n) is 2.54. The maximum Gasteiger partial charge on any atom is 0.162 e. The number of ether oxygens (including phenoxy) is 1. The van der Waals surface area contributed by atoms with Crippen molar-refractivity contribution in [3.63, 3.8) is 0 Å². The molecule has 0 N–H and O–H groups in total. The van der Waals surface area contributed by atoms with Crippen molar-refractivity contribution in [3.8, 4) is 0 Å². The van der Waals surface area contributed by atoms with E-state index < -0.39 is 0 Å². The molecular formula is C7H10O3. The molecule has 0 amide bonds. The first-order valence-electron chi connectivity index (χ1n) is 3.26. The Morgan fingerprint density at radius 2 is 2.50 bits per heavy atom. The summed E-state index contributed by atoms with van der Waals surface area (Å²) in [5.74, 6) is 0.0136. The molecule has 0 aliphatic heterocycles. The summed E-state index contributed by atoms with van der Waals surface area (Å²) in [6, 6.07) is 0. The van der Waals surface area contributed by atoms with Gasteiger partial charge in [-0.05, 0) is 6.42 Å². The predicted octanol–water partition coefficient (Wildman–Crippen LogP) is 0.0369. The van der Waals surface area contributed by atoms with Gasteiger partial charge in [0.25, 0.3) is 0 Å². The van der Waals surface area contributed by atoms with Crippen molar-refractivity contribution < 1.29 is 14.3 Å². The molecule has 1 saturated carbocycles. The fraction of sp³-hybridized carbons (Fsp3) is 0.714. The zero-order valence-electron chi connectivity index (χ0n) is 5.87. The number of carbonyl (C=O) groups is 2. The summed E-state index contributed by atoms with van der Waals surface area (Å²) in [5.41, 5.74) is 0. The third kappa shape index (κ3) is 1.42. The van der Waals surface area contributed by atoms with E-state index in [-0.39, 0.29) is 24.2 Å². The number of rotatable bonds is 4. The summed E-state index contributed by atoms with van der Waals surface area (Å²) >= 11 is 0. The standard InChI is InChI=1S/C7H10O3/c1-10-4-7(9)6-2-5(6)3-8/h3,5-6H,2,4H2,1H3. The van der Waals surface area contributed by atoms with Crippen molar-refractivity contribution in [2.24, 2.45) is 11.8 Å². The smallest absolute Gasteiger partial charge is 0.162 e. The molecule has 1 rings (SSSR count). The molecule has 1 fully saturated rings. The van der Waals surface area contributed by atoms with Crippen LogP contribution in [-0.2, 0) is 14.3 Å². The van der Waals surface area contributed by atoms with Crippen LogP contribution in [0.15, 0.2) is 0 Å². The van der Waals surface area contributed by atoms with E-state index in [1.54, 1.807) is 0 Å². The zero-order valence-corrected chi connectivity index (χ0v) is 5.87. The van der Waals surface area contributed by atoms with Crippen LogP contribution in [0.5, 0.6) is 0 Å². The lowest BCUT2D eigenvalue weighted by atomic mass is 10.2. The van der Waals surface area contributed by atoms with E-state index in [9.17, 15) is 9.59 Å². The molecule has 2 unspecified atom stereocenters. The predicted molar refractivity (Wildman–Crippen MR) is 34.5 cm³/mol. The van der Waals surface area contributed by atoms with Crippen molar-refractivity contribution in [2.45, 2.75) is 6.42 Å². The van der Waals surface area contributed by atoms with Gasteiger partial charge in [0.05, 0.1) is 0 Å². The molecule has 3 nitrogen and oxygen atoms in total. The Bertz CT molecular complexity index is 153. The van der Waals surface area contributed by atoms with E-state index in [1.165, 1.54) is 7.11 Å². The molecule has 56 valence electrons. The van der Waals surface area contributed by atoms with E-state index in [2.05, 4.69) is 4.74 Å². The Hall–Kier alpha value is -0.700. The third-order valence-electron chi connectivity index (χ3n) is 1.71. The van der Waals surface area contributed by atoms with E-state index >= 15 is 0 Å². The Labute approximate surface area is 59.4 Å². The maximum absolute atomic E-state index is 10.9. The fourth-order valence-electron chi connectivity index (χ4n) is 0.985. The van der Waals surface area contributed by atoms with Gasteiger partial charge in [0.2, 0.25) is 0 Å². The van der Waals surface area contributed by atoms with Crippen LogP contribution in [0.2, 0.25) is 0 Å². The fourth-order valence-corrected chi connectivity index (χ4v) is 0.985. The molecule has 3 heteroatoms. The highest BCUT2D eigenvalue weighted by Gasteiger charge is 2.42. The maximum atomic E-state index is 10.9. The average molecular weight is 142 g/mol. The van der Waals surface area contributed by atoms with Crippen LogP contribution in [0.4, 0.5) is 0 Å². The minimum atomic E-state index is -0.0301. The number of carbonyl (C=O) groups excluding carboxylic acids is 2. The monoisotopic (exact) mass is 142 g/mol. The summed E-state index contributed by atoms with van der Waals surface area (Å²) in [7, 11) is 1.48. The number of hydrogen-bond acceptors (Lipinski definition) is 3. The molecule has 0 radical (unpaired) electrons. The van der Waals surface area contributed by atoms with Gasteiger partial charge in [0, 0.05) is 18.9 Å². The Kier molecular flexibility index (Phi) is 2.17. The first-order valence-corrected chi connectivity index (χ1v) is 3.26. The molecule has 0 spiro atoms. The molecule has 1 aliphatic carbocycles. The minimum absolute atomic E-state index is 0.0114. The number of aldehydes is 1. The van der Waals surface area contributed by atoms with Crippen molar-refractivity contribution in [1.82, 2.24) is 0 Å². The lowest BCUT2D eigenvalue weighted by Crippen LogP contribution is -2.09. The topological polar surface area (TPSA) is 43.4 Å². The summed E-state index contributed by atoms with van der Waals surface area (Å²) in [6.07, 6.45) is 1.57. The normalized spacial score (nSPS) is 29.7. The molecule has 2 atom stereocenters. The van der Waals surface area contributed by atoms with Crippen LogP contribution >= 0.6 is 0 Å². The van der Waals surface area contributed by atoms with Crippen molar-refractivity contribution in [3.05, 3.63) is 0 Å². The molecule has 0 bridgehead atoms. The quantitative estimate of drug-likeness (QED) is 0.520. The van der Waals surface area contributed by atoms with Gasteiger partial charge >= 0.3 is 0 Å². The zero-order chi connectivity index (χ0) is 7.56. The molecule has 10 heavy (non-hydrogen) atoms. The minimum Gasteiger partial charge on any atom is -0.377 e. The second-order valence-corrected chi connectivity index (χ2v) is 2.54. The highest BCUT2D eigenvalue weighted by molar-refractivity contribution is 5.88. The molecule has 0 aromatic carbocycles. The third-order valence-corrected chi connectivity index (χ3v) is 1.71. The van der Waals surface area contributed by atoms with Crippen LogP contribution in [0.25, 0.3) is 0 Å². The van der Waals surface area contributed by atoms with Crippen molar-refractivity contribution >= 4 is 12.1 Å². The van der Waals surface area contributed by atoms with Crippen LogP contribution in [0.3, 0.4) is 0 Å². The lowest BCUT2D eigenvalue weighted by molar-refractivity contribution is -0.125. The van der Waals surface area contributed by atoms with Crippen LogP contribution < -0.4 is 0 Å². The first-order chi connectivity index (χ1) is 4.79. The lowest BCUT2D eigenvalue weighted by Gasteiger charge is -1.93. The summed E-state index contributed by atoms with van der Waals surface area (Å²) in [6.45, 7) is 0.148. The Balaban J connectivity index is 2.25. The van der Waals surface area contributed by atoms with Crippen LogP contribution in [0.1, 0.15) is 6.42 Å². The van der Waals surface area contributed by atoms with E-state index in [0.717, 1.165) is 12.7 Å². The summed E-state index contributed by atoms with van der Waals surface area (Å²) < 4.78 is 4.63. The van der Waals surface area contributed by atoms with Gasteiger partial charge in [-0.25, -0.2) is 0 Å². The number of Topliss-reactive ketones (excluding diaryl/α,β-unsaturated/α-hetero) is 1. The van der Waals surface area contributed by atoms with E-state index in [0.29, 0.717) is 0 Å². The second kappa shape index (κ2) is 2.92. The molecular weight excluding hydrogens is 132 g/mol. The molecule has 1 aliphatic rings. The van der Waals surface area contributed by atoms with Crippen molar-refractivity contribution in [2.75, 3.05) is 13.7 Å². The molecule has 0 saturated heterocycles. The molecule has 0 aromatic heterocycles. The van der Waals surface area contributed by atoms with E-state index in [4.69, 9.17) is 0 Å². The van der Waals surface area contributed by atoms with Crippen molar-refractivity contribution in [1.29, 1.82) is 0 Å². The number of hydrogen-bond donors (Lipinski definition) is 0. The number of ketones is 1. The van der Waals surface area contributed by atoms with Gasteiger partial charge in [0.1, 0.15) is 12.9 Å². The van der Waals surface area contributed by atoms with Gasteiger partial charge in [-0.2, -0.15) is 0 Å². The SMILES string of the molecule is COCC(=O)C1CC1C=O. The highest BCUT2D eigenvalue weighted by atomic mass is 16.5. The number of methoxy groups -OCH3 is 1. The first kappa shape index (κ1) is 7.41. The van der Waals surface area contributed by atoms with Gasteiger partial charge < -0.3 is 9.53 Å². The summed E-state index contributed by atoms with van der Waals surface area (Å²) in [5, 5.41) is 0. The van der Waals surface area contributed by atoms with Gasteiger partial charge in [-0.15, -0.1) is 0 Å². The van der Waals surface area contributed by atoms with Crippen LogP contribution in [-0.4, -0.2) is 25.8 Å². The largest absolute Gasteiger partial charge is 0.377 e. The Morgan fingerprint density at radius 3 is 2.90 bits per heavy atom. The molecule has 0 heterocycles.